The van der Waals surface area contributed by atoms with E-state index in [1.165, 1.54) is 6.42 Å². The maximum absolute atomic E-state index is 12.5. The lowest BCUT2D eigenvalue weighted by atomic mass is 10.1. The second-order valence-corrected chi connectivity index (χ2v) is 7.47. The number of aromatic nitrogens is 3. The fourth-order valence-corrected chi connectivity index (χ4v) is 3.52. The Bertz CT molecular complexity index is 857. The molecular weight excluding hydrogens is 380 g/mol. The minimum Gasteiger partial charge on any atom is -0.451 e. The smallest absolute Gasteiger partial charge is 0.359 e. The summed E-state index contributed by atoms with van der Waals surface area (Å²) in [6, 6.07) is 5.18. The van der Waals surface area contributed by atoms with Gasteiger partial charge in [-0.1, -0.05) is 30.9 Å². The largest absolute Gasteiger partial charge is 0.451 e. The summed E-state index contributed by atoms with van der Waals surface area (Å²) in [7, 11) is 0. The zero-order valence-electron chi connectivity index (χ0n) is 16.3. The predicted molar refractivity (Wildman–Crippen MR) is 106 cm³/mol. The highest BCUT2D eigenvalue weighted by molar-refractivity contribution is 6.33. The number of aryl methyl sites for hydroxylation is 2. The molecule has 8 heteroatoms. The molecule has 7 nitrogen and oxygen atoms in total. The van der Waals surface area contributed by atoms with E-state index in [1.807, 2.05) is 19.9 Å². The number of pyridine rings is 1. The first-order valence-electron chi connectivity index (χ1n) is 9.61. The minimum atomic E-state index is -0.714. The van der Waals surface area contributed by atoms with Crippen LogP contribution in [0.5, 0.6) is 0 Å². The van der Waals surface area contributed by atoms with Gasteiger partial charge in [-0.15, -0.1) is 0 Å². The Morgan fingerprint density at radius 1 is 1.11 bits per heavy atom. The van der Waals surface area contributed by atoms with E-state index in [2.05, 4.69) is 10.1 Å². The quantitative estimate of drug-likeness (QED) is 0.729. The summed E-state index contributed by atoms with van der Waals surface area (Å²) in [4.78, 5) is 31.0. The van der Waals surface area contributed by atoms with Crippen LogP contribution in [0, 0.1) is 13.8 Å². The van der Waals surface area contributed by atoms with Gasteiger partial charge in [-0.3, -0.25) is 4.79 Å². The third kappa shape index (κ3) is 4.90. The van der Waals surface area contributed by atoms with Crippen LogP contribution in [0.3, 0.4) is 0 Å². The van der Waals surface area contributed by atoms with Gasteiger partial charge in [0, 0.05) is 18.8 Å². The molecule has 2 aromatic heterocycles. The highest BCUT2D eigenvalue weighted by Crippen LogP contribution is 2.19. The first-order chi connectivity index (χ1) is 13.5. The van der Waals surface area contributed by atoms with Gasteiger partial charge in [0.05, 0.1) is 10.7 Å². The van der Waals surface area contributed by atoms with E-state index in [4.69, 9.17) is 16.3 Å². The number of hydrogen-bond acceptors (Lipinski definition) is 5. The third-order valence-corrected chi connectivity index (χ3v) is 5.09. The molecule has 1 fully saturated rings. The van der Waals surface area contributed by atoms with Crippen molar-refractivity contribution in [3.8, 4) is 5.82 Å². The third-order valence-electron chi connectivity index (χ3n) is 4.79. The summed E-state index contributed by atoms with van der Waals surface area (Å²) in [5.74, 6) is -0.424. The molecule has 28 heavy (non-hydrogen) atoms. The van der Waals surface area contributed by atoms with Crippen molar-refractivity contribution >= 4 is 23.5 Å². The van der Waals surface area contributed by atoms with Gasteiger partial charge in [0.25, 0.3) is 5.91 Å². The molecule has 1 aliphatic heterocycles. The maximum atomic E-state index is 12.5. The zero-order valence-corrected chi connectivity index (χ0v) is 17.0. The number of amides is 1. The highest BCUT2D eigenvalue weighted by atomic mass is 35.5. The van der Waals surface area contributed by atoms with Crippen LogP contribution in [0.4, 0.5) is 0 Å². The molecule has 2 aromatic rings. The number of esters is 1. The summed E-state index contributed by atoms with van der Waals surface area (Å²) in [5, 5.41) is 4.54. The van der Waals surface area contributed by atoms with Crippen LogP contribution in [-0.4, -0.2) is 51.2 Å². The van der Waals surface area contributed by atoms with Crippen molar-refractivity contribution in [1.82, 2.24) is 19.7 Å². The number of hydrogen-bond donors (Lipinski definition) is 0. The summed E-state index contributed by atoms with van der Waals surface area (Å²) >= 11 is 6.14. The van der Waals surface area contributed by atoms with Crippen molar-refractivity contribution in [3.05, 3.63) is 40.3 Å². The zero-order chi connectivity index (χ0) is 20.1. The Balaban J connectivity index is 1.67. The number of ether oxygens (including phenoxy) is 1. The molecule has 3 rings (SSSR count). The Morgan fingerprint density at radius 2 is 1.79 bits per heavy atom. The van der Waals surface area contributed by atoms with Gasteiger partial charge in [-0.2, -0.15) is 5.10 Å². The second-order valence-electron chi connectivity index (χ2n) is 7.06. The fraction of sp³-hybridized carbons (Fsp3) is 0.500. The van der Waals surface area contributed by atoms with Crippen LogP contribution in [0.2, 0.25) is 5.02 Å². The first-order valence-corrected chi connectivity index (χ1v) is 9.98. The van der Waals surface area contributed by atoms with Crippen LogP contribution >= 0.6 is 11.6 Å². The molecule has 0 saturated carbocycles. The topological polar surface area (TPSA) is 77.3 Å². The number of rotatable bonds is 4. The lowest BCUT2D eigenvalue weighted by molar-refractivity contribution is -0.134. The van der Waals surface area contributed by atoms with Crippen LogP contribution in [0.25, 0.3) is 5.82 Å². The van der Waals surface area contributed by atoms with Gasteiger partial charge >= 0.3 is 5.97 Å². The van der Waals surface area contributed by atoms with Gasteiger partial charge in [-0.25, -0.2) is 14.5 Å². The predicted octanol–water partition coefficient (Wildman–Crippen LogP) is 3.49. The van der Waals surface area contributed by atoms with Gasteiger partial charge in [0.15, 0.2) is 18.1 Å². The van der Waals surface area contributed by atoms with Crippen molar-refractivity contribution in [1.29, 1.82) is 0 Å². The van der Waals surface area contributed by atoms with Crippen molar-refractivity contribution in [2.75, 3.05) is 19.7 Å². The Morgan fingerprint density at radius 3 is 2.43 bits per heavy atom. The van der Waals surface area contributed by atoms with E-state index in [1.54, 1.807) is 21.7 Å². The standard InChI is InChI=1S/C20H25ClN4O3/c1-14-12-15(2)25(23-14)17-9-8-16(21)19(22-17)20(27)28-13-18(26)24-10-6-4-3-5-7-11-24/h8-9,12H,3-7,10-11,13H2,1-2H3. The molecule has 0 aliphatic carbocycles. The van der Waals surface area contributed by atoms with Crippen LogP contribution in [-0.2, 0) is 9.53 Å². The Labute approximate surface area is 169 Å². The number of carbonyl (C=O) groups is 2. The average Bonchev–Trinajstić information content (AvgIpc) is 2.98. The van der Waals surface area contributed by atoms with Crippen molar-refractivity contribution < 1.29 is 14.3 Å². The number of halogens is 1. The van der Waals surface area contributed by atoms with Gasteiger partial charge in [-0.05, 0) is 44.9 Å². The molecule has 0 unspecified atom stereocenters. The van der Waals surface area contributed by atoms with Gasteiger partial charge < -0.3 is 9.64 Å². The first kappa shape index (κ1) is 20.3. The minimum absolute atomic E-state index is 0.0211. The van der Waals surface area contributed by atoms with E-state index in [0.717, 1.165) is 37.1 Å². The normalized spacial score (nSPS) is 15.0. The Kier molecular flexibility index (Phi) is 6.67. The average molecular weight is 405 g/mol. The summed E-state index contributed by atoms with van der Waals surface area (Å²) in [6.07, 6.45) is 5.44. The lowest BCUT2D eigenvalue weighted by Crippen LogP contribution is -2.37. The second kappa shape index (κ2) is 9.19. The molecular formula is C20H25ClN4O3. The van der Waals surface area contributed by atoms with Gasteiger partial charge in [0.1, 0.15) is 0 Å². The molecule has 0 atom stereocenters. The number of carbonyl (C=O) groups excluding carboxylic acids is 2. The summed E-state index contributed by atoms with van der Waals surface area (Å²) < 4.78 is 6.85. The molecule has 0 radical (unpaired) electrons. The van der Waals surface area contributed by atoms with E-state index in [9.17, 15) is 9.59 Å². The Hall–Kier alpha value is -2.41. The molecule has 1 amide bonds. The van der Waals surface area contributed by atoms with Crippen molar-refractivity contribution in [2.45, 2.75) is 46.0 Å². The summed E-state index contributed by atoms with van der Waals surface area (Å²) in [5.41, 5.74) is 1.71. The molecule has 0 bridgehead atoms. The van der Waals surface area contributed by atoms with E-state index < -0.39 is 5.97 Å². The number of nitrogens with zero attached hydrogens (tertiary/aromatic N) is 4. The molecule has 1 aliphatic rings. The van der Waals surface area contributed by atoms with Crippen LogP contribution in [0.1, 0.15) is 54.0 Å². The monoisotopic (exact) mass is 404 g/mol. The number of likely N-dealkylation sites (tertiary alicyclic amines) is 1. The van der Waals surface area contributed by atoms with Crippen molar-refractivity contribution in [3.63, 3.8) is 0 Å². The van der Waals surface area contributed by atoms with E-state index >= 15 is 0 Å². The van der Waals surface area contributed by atoms with E-state index in [0.29, 0.717) is 18.9 Å². The molecule has 150 valence electrons. The molecule has 0 spiro atoms. The van der Waals surface area contributed by atoms with Crippen LogP contribution in [0.15, 0.2) is 18.2 Å². The molecule has 1 saturated heterocycles. The maximum Gasteiger partial charge on any atom is 0.359 e. The molecule has 0 N–H and O–H groups in total. The molecule has 3 heterocycles. The van der Waals surface area contributed by atoms with E-state index in [-0.39, 0.29) is 23.2 Å². The van der Waals surface area contributed by atoms with Crippen LogP contribution < -0.4 is 0 Å². The molecule has 0 aromatic carbocycles. The lowest BCUT2D eigenvalue weighted by Gasteiger charge is -2.24. The SMILES string of the molecule is Cc1cc(C)n(-c2ccc(Cl)c(C(=O)OCC(=O)N3CCCCCCC3)n2)n1. The summed E-state index contributed by atoms with van der Waals surface area (Å²) in [6.45, 7) is 4.90. The van der Waals surface area contributed by atoms with Crippen molar-refractivity contribution in [2.24, 2.45) is 0 Å². The highest BCUT2D eigenvalue weighted by Gasteiger charge is 2.20. The fourth-order valence-electron chi connectivity index (χ4n) is 3.34. The van der Waals surface area contributed by atoms with Gasteiger partial charge in [0.2, 0.25) is 0 Å².